The summed E-state index contributed by atoms with van der Waals surface area (Å²) in [7, 11) is 0. The molecule has 0 bridgehead atoms. The van der Waals surface area contributed by atoms with Gasteiger partial charge in [-0.15, -0.1) is 0 Å². The molecule has 2 N–H and O–H groups in total. The van der Waals surface area contributed by atoms with Gasteiger partial charge in [0.2, 0.25) is 5.91 Å². The van der Waals surface area contributed by atoms with Crippen LogP contribution in [0.15, 0.2) is 24.3 Å². The minimum Gasteiger partial charge on any atom is -0.386 e. The van der Waals surface area contributed by atoms with Gasteiger partial charge in [0.1, 0.15) is 5.82 Å². The minimum absolute atomic E-state index is 0.0102. The molecule has 98 valence electrons. The quantitative estimate of drug-likeness (QED) is 0.842. The van der Waals surface area contributed by atoms with E-state index in [0.717, 1.165) is 0 Å². The molecule has 1 heterocycles. The maximum absolute atomic E-state index is 13.4. The monoisotopic (exact) mass is 253 g/mol. The molecule has 1 fully saturated rings. The number of aliphatic hydroxyl groups excluding tert-OH is 1. The highest BCUT2D eigenvalue weighted by Crippen LogP contribution is 2.16. The predicted molar refractivity (Wildman–Crippen MR) is 63.3 cm³/mol. The largest absolute Gasteiger partial charge is 0.386 e. The lowest BCUT2D eigenvalue weighted by atomic mass is 10.1. The first kappa shape index (κ1) is 13.0. The maximum atomic E-state index is 13.4. The Labute approximate surface area is 105 Å². The van der Waals surface area contributed by atoms with E-state index in [1.165, 1.54) is 12.1 Å². The van der Waals surface area contributed by atoms with E-state index in [-0.39, 0.29) is 23.9 Å². The fourth-order valence-corrected chi connectivity index (χ4v) is 1.94. The lowest BCUT2D eigenvalue weighted by Gasteiger charge is -2.14. The molecule has 0 aromatic heterocycles. The Hall–Kier alpha value is -1.46. The van der Waals surface area contributed by atoms with Crippen LogP contribution in [0.1, 0.15) is 18.1 Å². The average molecular weight is 253 g/mol. The van der Waals surface area contributed by atoms with Crippen molar-refractivity contribution in [2.75, 3.05) is 19.8 Å². The Morgan fingerprint density at radius 2 is 2.33 bits per heavy atom. The van der Waals surface area contributed by atoms with E-state index in [0.29, 0.717) is 19.6 Å². The number of ether oxygens (including phenoxy) is 1. The maximum Gasteiger partial charge on any atom is 0.225 e. The first-order valence-corrected chi connectivity index (χ1v) is 5.96. The molecule has 1 amide bonds. The summed E-state index contributed by atoms with van der Waals surface area (Å²) in [5.74, 6) is -0.774. The van der Waals surface area contributed by atoms with Gasteiger partial charge in [-0.1, -0.05) is 18.2 Å². The molecule has 1 aliphatic heterocycles. The van der Waals surface area contributed by atoms with E-state index in [9.17, 15) is 14.3 Å². The van der Waals surface area contributed by atoms with Gasteiger partial charge in [0.05, 0.1) is 18.6 Å². The van der Waals surface area contributed by atoms with E-state index in [2.05, 4.69) is 5.32 Å². The van der Waals surface area contributed by atoms with E-state index in [1.54, 1.807) is 12.1 Å². The lowest BCUT2D eigenvalue weighted by molar-refractivity contribution is -0.125. The predicted octanol–water partition coefficient (Wildman–Crippen LogP) is 1.01. The molecule has 0 saturated carbocycles. The third kappa shape index (κ3) is 3.05. The van der Waals surface area contributed by atoms with Crippen molar-refractivity contribution in [1.82, 2.24) is 5.32 Å². The van der Waals surface area contributed by atoms with Crippen LogP contribution in [0, 0.1) is 11.7 Å². The number of hydrogen-bond acceptors (Lipinski definition) is 3. The van der Waals surface area contributed by atoms with Crippen molar-refractivity contribution in [3.8, 4) is 0 Å². The summed E-state index contributed by atoms with van der Waals surface area (Å²) in [6, 6.07) is 5.99. The number of rotatable bonds is 4. The van der Waals surface area contributed by atoms with Crippen LogP contribution in [0.5, 0.6) is 0 Å². The molecule has 0 aliphatic carbocycles. The summed E-state index contributed by atoms with van der Waals surface area (Å²) in [5, 5.41) is 12.4. The number of nitrogens with one attached hydrogen (secondary N) is 1. The molecule has 2 atom stereocenters. The zero-order chi connectivity index (χ0) is 13.0. The number of hydrogen-bond donors (Lipinski definition) is 2. The van der Waals surface area contributed by atoms with Crippen LogP contribution in [-0.2, 0) is 9.53 Å². The summed E-state index contributed by atoms with van der Waals surface area (Å²) < 4.78 is 18.5. The van der Waals surface area contributed by atoms with Gasteiger partial charge in [0.25, 0.3) is 0 Å². The highest BCUT2D eigenvalue weighted by molar-refractivity contribution is 5.79. The average Bonchev–Trinajstić information content (AvgIpc) is 2.90. The summed E-state index contributed by atoms with van der Waals surface area (Å²) >= 11 is 0. The van der Waals surface area contributed by atoms with Gasteiger partial charge in [0, 0.05) is 18.7 Å². The van der Waals surface area contributed by atoms with Crippen LogP contribution >= 0.6 is 0 Å². The second kappa shape index (κ2) is 5.93. The first-order valence-electron chi connectivity index (χ1n) is 5.96. The normalized spacial score (nSPS) is 20.7. The minimum atomic E-state index is -1.03. The molecule has 2 rings (SSSR count). The Morgan fingerprint density at radius 1 is 1.56 bits per heavy atom. The zero-order valence-electron chi connectivity index (χ0n) is 9.93. The van der Waals surface area contributed by atoms with E-state index in [1.807, 2.05) is 0 Å². The molecule has 1 aromatic carbocycles. The lowest BCUT2D eigenvalue weighted by Crippen LogP contribution is -2.34. The molecular formula is C13H16FNO3. The fraction of sp³-hybridized carbons (Fsp3) is 0.462. The Balaban J connectivity index is 1.86. The van der Waals surface area contributed by atoms with E-state index >= 15 is 0 Å². The second-order valence-electron chi connectivity index (χ2n) is 4.34. The van der Waals surface area contributed by atoms with Crippen LogP contribution in [0.25, 0.3) is 0 Å². The molecule has 1 aromatic rings. The Morgan fingerprint density at radius 3 is 3.00 bits per heavy atom. The molecule has 2 unspecified atom stereocenters. The molecule has 1 aliphatic rings. The molecular weight excluding hydrogens is 237 g/mol. The summed E-state index contributed by atoms with van der Waals surface area (Å²) in [5.41, 5.74) is 0.195. The number of carbonyl (C=O) groups is 1. The molecule has 0 radical (unpaired) electrons. The fourth-order valence-electron chi connectivity index (χ4n) is 1.94. The molecule has 5 heteroatoms. The topological polar surface area (TPSA) is 58.6 Å². The van der Waals surface area contributed by atoms with Crippen molar-refractivity contribution in [2.24, 2.45) is 5.92 Å². The van der Waals surface area contributed by atoms with Gasteiger partial charge in [-0.2, -0.15) is 0 Å². The van der Waals surface area contributed by atoms with Crippen LogP contribution in [0.2, 0.25) is 0 Å². The first-order chi connectivity index (χ1) is 8.68. The Bertz CT molecular complexity index is 418. The van der Waals surface area contributed by atoms with Gasteiger partial charge < -0.3 is 15.2 Å². The molecule has 1 saturated heterocycles. The number of aliphatic hydroxyl groups is 1. The summed E-state index contributed by atoms with van der Waals surface area (Å²) in [4.78, 5) is 11.7. The summed E-state index contributed by atoms with van der Waals surface area (Å²) in [6.45, 7) is 1.02. The number of carbonyl (C=O) groups excluding carboxylic acids is 1. The van der Waals surface area contributed by atoms with Crippen molar-refractivity contribution in [1.29, 1.82) is 0 Å². The smallest absolute Gasteiger partial charge is 0.225 e. The van der Waals surface area contributed by atoms with Gasteiger partial charge in [-0.25, -0.2) is 4.39 Å². The third-order valence-electron chi connectivity index (χ3n) is 3.03. The van der Waals surface area contributed by atoms with Crippen molar-refractivity contribution in [3.63, 3.8) is 0 Å². The number of halogens is 1. The van der Waals surface area contributed by atoms with Gasteiger partial charge >= 0.3 is 0 Å². The molecule has 4 nitrogen and oxygen atoms in total. The van der Waals surface area contributed by atoms with Crippen molar-refractivity contribution in [2.45, 2.75) is 12.5 Å². The van der Waals surface area contributed by atoms with Crippen molar-refractivity contribution in [3.05, 3.63) is 35.6 Å². The third-order valence-corrected chi connectivity index (χ3v) is 3.03. The number of benzene rings is 1. The van der Waals surface area contributed by atoms with Crippen LogP contribution < -0.4 is 5.32 Å². The number of amides is 1. The van der Waals surface area contributed by atoms with E-state index < -0.39 is 11.9 Å². The molecule has 18 heavy (non-hydrogen) atoms. The van der Waals surface area contributed by atoms with Gasteiger partial charge in [0.15, 0.2) is 0 Å². The van der Waals surface area contributed by atoms with Crippen molar-refractivity contribution < 1.29 is 19.0 Å². The highest BCUT2D eigenvalue weighted by atomic mass is 19.1. The van der Waals surface area contributed by atoms with Crippen molar-refractivity contribution >= 4 is 5.91 Å². The van der Waals surface area contributed by atoms with Gasteiger partial charge in [-0.05, 0) is 12.5 Å². The second-order valence-corrected chi connectivity index (χ2v) is 4.34. The Kier molecular flexibility index (Phi) is 4.28. The van der Waals surface area contributed by atoms with Crippen LogP contribution in [0.4, 0.5) is 4.39 Å². The highest BCUT2D eigenvalue weighted by Gasteiger charge is 2.24. The van der Waals surface area contributed by atoms with Crippen LogP contribution in [0.3, 0.4) is 0 Å². The zero-order valence-corrected chi connectivity index (χ0v) is 9.93. The standard InChI is InChI=1S/C13H16FNO3/c14-11-4-2-1-3-10(11)12(16)7-15-13(17)9-5-6-18-8-9/h1-4,9,12,16H,5-8H2,(H,15,17). The summed E-state index contributed by atoms with van der Waals surface area (Å²) in [6.07, 6.45) is -0.334. The van der Waals surface area contributed by atoms with E-state index in [4.69, 9.17) is 4.74 Å². The van der Waals surface area contributed by atoms with Gasteiger partial charge in [-0.3, -0.25) is 4.79 Å². The van der Waals surface area contributed by atoms with Crippen LogP contribution in [-0.4, -0.2) is 30.8 Å². The molecule has 0 spiro atoms. The SMILES string of the molecule is O=C(NCC(O)c1ccccc1F)C1CCOC1.